The zero-order valence-corrected chi connectivity index (χ0v) is 18.0. The summed E-state index contributed by atoms with van der Waals surface area (Å²) in [6, 6.07) is 5.17. The van der Waals surface area contributed by atoms with Gasteiger partial charge in [0.25, 0.3) is 11.5 Å². The molecule has 1 aliphatic rings. The van der Waals surface area contributed by atoms with Crippen LogP contribution < -0.4 is 21.3 Å². The lowest BCUT2D eigenvalue weighted by atomic mass is 10.2. The summed E-state index contributed by atoms with van der Waals surface area (Å²) in [5, 5.41) is 14.2. The maximum absolute atomic E-state index is 13.1. The Bertz CT molecular complexity index is 1320. The van der Waals surface area contributed by atoms with Gasteiger partial charge >= 0.3 is 12.0 Å². The number of amides is 2. The van der Waals surface area contributed by atoms with Gasteiger partial charge in [-0.15, -0.1) is 10.2 Å². The topological polar surface area (TPSA) is 183 Å². The van der Waals surface area contributed by atoms with Crippen LogP contribution in [-0.2, 0) is 14.3 Å². The third kappa shape index (κ3) is 4.43. The van der Waals surface area contributed by atoms with Crippen molar-refractivity contribution in [2.24, 2.45) is 5.73 Å². The van der Waals surface area contributed by atoms with Crippen LogP contribution >= 0.6 is 0 Å². The van der Waals surface area contributed by atoms with E-state index in [1.54, 1.807) is 18.6 Å². The van der Waals surface area contributed by atoms with E-state index in [0.717, 1.165) is 4.68 Å². The third-order valence-corrected chi connectivity index (χ3v) is 4.80. The molecule has 2 radical (unpaired) electrons. The standard InChI is InChI=1S/C20H19N7O7/c1-10(28)33-9-13-7-8-14(34-13)26-19(30)16-15(23-25-26)17(24-27(16)20(21)31)22-18(29)11-3-5-12(32-2)6-4-11/h3-8,13-14H,9H2,1-2H3,(H2,21,31)(H,22,24,29). The fourth-order valence-electron chi connectivity index (χ4n) is 3.19. The molecule has 0 saturated carbocycles. The highest BCUT2D eigenvalue weighted by molar-refractivity contribution is 6.07. The number of nitrogens with two attached hydrogens (primary N) is 1. The van der Waals surface area contributed by atoms with E-state index in [0.29, 0.717) is 10.4 Å². The largest absolute Gasteiger partial charge is 0.497 e. The van der Waals surface area contributed by atoms with Crippen LogP contribution in [0.3, 0.4) is 0 Å². The smallest absolute Gasteiger partial charge is 0.340 e. The maximum Gasteiger partial charge on any atom is 0.340 e. The molecule has 3 N–H and O–H groups in total. The van der Waals surface area contributed by atoms with Crippen LogP contribution in [0, 0.1) is 12.8 Å². The quantitative estimate of drug-likeness (QED) is 0.468. The minimum absolute atomic E-state index is 0.0481. The Hall–Kier alpha value is -4.33. The number of nitrogens with zero attached hydrogens (tertiary/aromatic N) is 5. The van der Waals surface area contributed by atoms with E-state index in [-0.39, 0.29) is 29.0 Å². The lowest BCUT2D eigenvalue weighted by molar-refractivity contribution is -0.145. The summed E-state index contributed by atoms with van der Waals surface area (Å²) in [5.41, 5.74) is 4.42. The number of anilines is 1. The molecular formula is C20H19N7O7. The molecule has 1 aliphatic heterocycles. The van der Waals surface area contributed by atoms with Gasteiger partial charge in [-0.2, -0.15) is 9.36 Å². The Morgan fingerprint density at radius 2 is 1.94 bits per heavy atom. The first-order chi connectivity index (χ1) is 16.3. The van der Waals surface area contributed by atoms with E-state index < -0.39 is 35.8 Å². The summed E-state index contributed by atoms with van der Waals surface area (Å²) >= 11 is 0. The van der Waals surface area contributed by atoms with Gasteiger partial charge in [0.1, 0.15) is 12.4 Å². The van der Waals surface area contributed by atoms with Crippen molar-refractivity contribution in [2.45, 2.75) is 19.3 Å². The number of esters is 1. The Labute approximate surface area is 191 Å². The molecule has 34 heavy (non-hydrogen) atoms. The van der Waals surface area contributed by atoms with Crippen molar-refractivity contribution in [2.75, 3.05) is 19.0 Å². The molecule has 14 heteroatoms. The monoisotopic (exact) mass is 469 g/mol. The van der Waals surface area contributed by atoms with Crippen LogP contribution in [0.15, 0.2) is 29.1 Å². The first-order valence-corrected chi connectivity index (χ1v) is 9.89. The van der Waals surface area contributed by atoms with Gasteiger partial charge < -0.3 is 25.3 Å². The van der Waals surface area contributed by atoms with Gasteiger partial charge in [0, 0.05) is 25.3 Å². The number of carbonyl (C=O) groups excluding carboxylic acids is 3. The third-order valence-electron chi connectivity index (χ3n) is 4.80. The summed E-state index contributed by atoms with van der Waals surface area (Å²) in [5.74, 6) is -0.667. The highest BCUT2D eigenvalue weighted by Gasteiger charge is 2.32. The molecule has 14 nitrogen and oxygen atoms in total. The van der Waals surface area contributed by atoms with E-state index in [1.807, 2.05) is 0 Å². The number of aromatic nitrogens is 5. The number of nitrogens with one attached hydrogen (secondary N) is 1. The predicted octanol–water partition coefficient (Wildman–Crippen LogP) is 0.0448. The van der Waals surface area contributed by atoms with Crippen LogP contribution in [0.25, 0.3) is 11.0 Å². The molecule has 3 heterocycles. The lowest BCUT2D eigenvalue weighted by Gasteiger charge is -2.14. The Kier molecular flexibility index (Phi) is 6.23. The van der Waals surface area contributed by atoms with Crippen LogP contribution in [0.5, 0.6) is 5.75 Å². The number of benzene rings is 1. The fourth-order valence-corrected chi connectivity index (χ4v) is 3.19. The van der Waals surface area contributed by atoms with Gasteiger partial charge in [0.05, 0.1) is 13.2 Å². The first kappa shape index (κ1) is 22.8. The first-order valence-electron chi connectivity index (χ1n) is 9.89. The van der Waals surface area contributed by atoms with Crippen molar-refractivity contribution in [3.8, 4) is 5.75 Å². The minimum atomic E-state index is -1.07. The van der Waals surface area contributed by atoms with Gasteiger partial charge in [-0.1, -0.05) is 5.21 Å². The lowest BCUT2D eigenvalue weighted by Crippen LogP contribution is -2.32. The van der Waals surface area contributed by atoms with Crippen molar-refractivity contribution >= 4 is 34.8 Å². The number of hydrogen-bond acceptors (Lipinski definition) is 10. The van der Waals surface area contributed by atoms with E-state index >= 15 is 0 Å². The van der Waals surface area contributed by atoms with E-state index in [1.165, 1.54) is 32.6 Å². The van der Waals surface area contributed by atoms with Gasteiger partial charge in [0.15, 0.2) is 23.1 Å². The maximum atomic E-state index is 13.1. The van der Waals surface area contributed by atoms with E-state index in [2.05, 4.69) is 20.7 Å². The number of methoxy groups -OCH3 is 1. The second-order valence-corrected chi connectivity index (χ2v) is 7.07. The van der Waals surface area contributed by atoms with Crippen molar-refractivity contribution < 1.29 is 28.6 Å². The highest BCUT2D eigenvalue weighted by atomic mass is 16.6. The molecule has 3 aromatic rings. The molecule has 176 valence electrons. The number of carbonyl (C=O) groups is 3. The summed E-state index contributed by atoms with van der Waals surface area (Å²) < 4.78 is 17.1. The second-order valence-electron chi connectivity index (χ2n) is 7.07. The molecule has 4 rings (SSSR count). The summed E-state index contributed by atoms with van der Waals surface area (Å²) in [6.07, 6.45) is 1.54. The van der Waals surface area contributed by atoms with Gasteiger partial charge in [0.2, 0.25) is 0 Å². The average molecular weight is 469 g/mol. The van der Waals surface area contributed by atoms with Crippen molar-refractivity contribution in [1.29, 1.82) is 0 Å². The molecule has 0 aliphatic carbocycles. The highest BCUT2D eigenvalue weighted by Crippen LogP contribution is 2.26. The van der Waals surface area contributed by atoms with Crippen LogP contribution in [0.2, 0.25) is 0 Å². The van der Waals surface area contributed by atoms with Gasteiger partial charge in [-0.05, 0) is 24.3 Å². The average Bonchev–Trinajstić information content (AvgIpc) is 3.43. The Morgan fingerprint density at radius 1 is 1.21 bits per heavy atom. The van der Waals surface area contributed by atoms with Crippen molar-refractivity contribution in [1.82, 2.24) is 24.8 Å². The van der Waals surface area contributed by atoms with Crippen LogP contribution in [-0.4, -0.2) is 62.5 Å². The second kappa shape index (κ2) is 9.27. The zero-order valence-electron chi connectivity index (χ0n) is 18.0. The van der Waals surface area contributed by atoms with Gasteiger partial charge in [-0.25, -0.2) is 4.79 Å². The minimum Gasteiger partial charge on any atom is -0.497 e. The zero-order chi connectivity index (χ0) is 24.4. The number of fused-ring (bicyclic) bond motifs is 1. The van der Waals surface area contributed by atoms with Crippen LogP contribution in [0.1, 0.15) is 23.5 Å². The molecule has 2 aromatic heterocycles. The van der Waals surface area contributed by atoms with E-state index in [4.69, 9.17) is 19.9 Å². The van der Waals surface area contributed by atoms with Crippen molar-refractivity contribution in [3.05, 3.63) is 53.0 Å². The normalized spacial score (nSPS) is 17.5. The van der Waals surface area contributed by atoms with Crippen molar-refractivity contribution in [3.63, 3.8) is 0 Å². The predicted molar refractivity (Wildman–Crippen MR) is 115 cm³/mol. The molecule has 0 bridgehead atoms. The molecule has 1 saturated heterocycles. The molecule has 1 aromatic carbocycles. The summed E-state index contributed by atoms with van der Waals surface area (Å²) in [7, 11) is 1.50. The number of primary amides is 1. The Morgan fingerprint density at radius 3 is 2.59 bits per heavy atom. The SMILES string of the molecule is COc1ccc(C(=O)Nc2nn(C(N)=O)c3c(=O)n(C4[CH][CH]C(COC(C)=O)O4)nnc23)cc1. The summed E-state index contributed by atoms with van der Waals surface area (Å²) in [6.45, 7) is 1.21. The fraction of sp³-hybridized carbons (Fsp3) is 0.250. The molecule has 2 amide bonds. The summed E-state index contributed by atoms with van der Waals surface area (Å²) in [4.78, 5) is 48.7. The molecular weight excluding hydrogens is 450 g/mol. The molecule has 2 unspecified atom stereocenters. The molecule has 1 fully saturated rings. The molecule has 2 atom stereocenters. The number of rotatable bonds is 6. The van der Waals surface area contributed by atoms with Gasteiger partial charge in [-0.3, -0.25) is 14.4 Å². The number of ether oxygens (including phenoxy) is 3. The van der Waals surface area contributed by atoms with Crippen LogP contribution in [0.4, 0.5) is 10.6 Å². The Balaban J connectivity index is 1.64. The van der Waals surface area contributed by atoms with E-state index in [9.17, 15) is 19.2 Å². The number of hydrogen-bond donors (Lipinski definition) is 2. The molecule has 0 spiro atoms.